The second-order valence-corrected chi connectivity index (χ2v) is 6.55. The number of aromatic nitrogens is 2. The SMILES string of the molecule is CCn1cc(S(=O)(=O)Nc2c(Cl)cc(F)cc2Cl)c(N)n1. The molecule has 0 aliphatic heterocycles. The van der Waals surface area contributed by atoms with Gasteiger partial charge in [-0.15, -0.1) is 0 Å². The molecule has 3 N–H and O–H groups in total. The van der Waals surface area contributed by atoms with Gasteiger partial charge in [-0.25, -0.2) is 12.8 Å². The first-order valence-corrected chi connectivity index (χ1v) is 7.98. The van der Waals surface area contributed by atoms with Crippen LogP contribution < -0.4 is 10.5 Å². The molecule has 0 bridgehead atoms. The molecule has 0 atom stereocenters. The highest BCUT2D eigenvalue weighted by Crippen LogP contribution is 2.33. The van der Waals surface area contributed by atoms with Crippen molar-refractivity contribution in [1.29, 1.82) is 0 Å². The predicted octanol–water partition coefficient (Wildman–Crippen LogP) is 2.73. The molecular weight excluding hydrogens is 342 g/mol. The van der Waals surface area contributed by atoms with Crippen LogP contribution in [0.5, 0.6) is 0 Å². The quantitative estimate of drug-likeness (QED) is 0.884. The molecule has 114 valence electrons. The molecule has 0 radical (unpaired) electrons. The summed E-state index contributed by atoms with van der Waals surface area (Å²) < 4.78 is 41.2. The van der Waals surface area contributed by atoms with Crippen molar-refractivity contribution in [2.24, 2.45) is 0 Å². The molecule has 0 fully saturated rings. The van der Waals surface area contributed by atoms with Crippen molar-refractivity contribution in [3.8, 4) is 0 Å². The monoisotopic (exact) mass is 352 g/mol. The molecule has 0 aliphatic carbocycles. The van der Waals surface area contributed by atoms with Crippen LogP contribution in [0.25, 0.3) is 0 Å². The highest BCUT2D eigenvalue weighted by molar-refractivity contribution is 7.92. The first kappa shape index (κ1) is 15.9. The zero-order valence-electron chi connectivity index (χ0n) is 10.8. The minimum absolute atomic E-state index is 0.122. The van der Waals surface area contributed by atoms with Gasteiger partial charge in [0, 0.05) is 12.7 Å². The Labute approximate surface area is 130 Å². The molecular formula is C11H11Cl2FN4O2S. The zero-order valence-corrected chi connectivity index (χ0v) is 13.1. The van der Waals surface area contributed by atoms with Gasteiger partial charge in [-0.3, -0.25) is 9.40 Å². The Morgan fingerprint density at radius 2 is 1.95 bits per heavy atom. The average molecular weight is 353 g/mol. The number of anilines is 2. The number of hydrogen-bond acceptors (Lipinski definition) is 4. The van der Waals surface area contributed by atoms with E-state index in [4.69, 9.17) is 28.9 Å². The number of nitrogens with one attached hydrogen (secondary N) is 1. The van der Waals surface area contributed by atoms with Gasteiger partial charge >= 0.3 is 0 Å². The molecule has 0 amide bonds. The minimum atomic E-state index is -4.04. The van der Waals surface area contributed by atoms with Crippen molar-refractivity contribution in [3.05, 3.63) is 34.2 Å². The van der Waals surface area contributed by atoms with Crippen LogP contribution in [0.2, 0.25) is 10.0 Å². The normalized spacial score (nSPS) is 11.6. The lowest BCUT2D eigenvalue weighted by Crippen LogP contribution is -2.14. The van der Waals surface area contributed by atoms with Crippen LogP contribution in [0.15, 0.2) is 23.2 Å². The van der Waals surface area contributed by atoms with E-state index in [0.717, 1.165) is 12.1 Å². The van der Waals surface area contributed by atoms with Crippen molar-refractivity contribution in [3.63, 3.8) is 0 Å². The van der Waals surface area contributed by atoms with Crippen molar-refractivity contribution < 1.29 is 12.8 Å². The van der Waals surface area contributed by atoms with Crippen LogP contribution >= 0.6 is 23.2 Å². The molecule has 1 aromatic heterocycles. The van der Waals surface area contributed by atoms with Gasteiger partial charge in [0.1, 0.15) is 10.7 Å². The van der Waals surface area contributed by atoms with Gasteiger partial charge in [0.25, 0.3) is 10.0 Å². The van der Waals surface area contributed by atoms with Crippen molar-refractivity contribution in [1.82, 2.24) is 9.78 Å². The van der Waals surface area contributed by atoms with E-state index in [2.05, 4.69) is 9.82 Å². The van der Waals surface area contributed by atoms with Crippen LogP contribution in [0.1, 0.15) is 6.92 Å². The van der Waals surface area contributed by atoms with E-state index in [9.17, 15) is 12.8 Å². The lowest BCUT2D eigenvalue weighted by Gasteiger charge is -2.10. The summed E-state index contributed by atoms with van der Waals surface area (Å²) in [4.78, 5) is -0.208. The Hall–Kier alpha value is -1.51. The fourth-order valence-corrected chi connectivity index (χ4v) is 3.46. The average Bonchev–Trinajstić information content (AvgIpc) is 2.76. The van der Waals surface area contributed by atoms with E-state index in [0.29, 0.717) is 6.54 Å². The smallest absolute Gasteiger partial charge is 0.267 e. The lowest BCUT2D eigenvalue weighted by molar-refractivity contribution is 0.600. The van der Waals surface area contributed by atoms with E-state index < -0.39 is 15.8 Å². The summed E-state index contributed by atoms with van der Waals surface area (Å²) in [6.45, 7) is 2.24. The summed E-state index contributed by atoms with van der Waals surface area (Å²) in [5, 5.41) is 3.52. The van der Waals surface area contributed by atoms with E-state index in [1.807, 2.05) is 0 Å². The Bertz CT molecular complexity index is 769. The summed E-state index contributed by atoms with van der Waals surface area (Å²) in [5.41, 5.74) is 5.46. The van der Waals surface area contributed by atoms with E-state index >= 15 is 0 Å². The number of sulfonamides is 1. The van der Waals surface area contributed by atoms with Crippen molar-refractivity contribution in [2.75, 3.05) is 10.5 Å². The van der Waals surface area contributed by atoms with Gasteiger partial charge in [0.05, 0.1) is 15.7 Å². The van der Waals surface area contributed by atoms with Gasteiger partial charge < -0.3 is 5.73 Å². The zero-order chi connectivity index (χ0) is 15.8. The third kappa shape index (κ3) is 3.22. The maximum absolute atomic E-state index is 13.1. The highest BCUT2D eigenvalue weighted by atomic mass is 35.5. The summed E-state index contributed by atoms with van der Waals surface area (Å²) >= 11 is 11.6. The maximum Gasteiger partial charge on any atom is 0.267 e. The van der Waals surface area contributed by atoms with Crippen molar-refractivity contribution >= 4 is 44.7 Å². The number of hydrogen-bond donors (Lipinski definition) is 2. The van der Waals surface area contributed by atoms with Crippen LogP contribution in [0, 0.1) is 5.82 Å². The maximum atomic E-state index is 13.1. The molecule has 0 spiro atoms. The molecule has 2 aromatic rings. The number of aryl methyl sites for hydroxylation is 1. The first-order chi connectivity index (χ1) is 9.74. The highest BCUT2D eigenvalue weighted by Gasteiger charge is 2.23. The summed E-state index contributed by atoms with van der Waals surface area (Å²) in [6.07, 6.45) is 1.28. The standard InChI is InChI=1S/C11H11Cl2FN4O2S/c1-2-18-5-9(11(15)16-18)21(19,20)17-10-7(12)3-6(14)4-8(10)13/h3-5,17H,2H2,1H3,(H2,15,16). The number of halogens is 3. The predicted molar refractivity (Wildman–Crippen MR) is 79.5 cm³/mol. The molecule has 2 rings (SSSR count). The molecule has 0 saturated carbocycles. The van der Waals surface area contributed by atoms with Gasteiger partial charge in [0.2, 0.25) is 0 Å². The van der Waals surface area contributed by atoms with Gasteiger partial charge in [-0.05, 0) is 19.1 Å². The summed E-state index contributed by atoms with van der Waals surface area (Å²) in [5.74, 6) is -0.829. The van der Waals surface area contributed by atoms with E-state index in [1.165, 1.54) is 10.9 Å². The molecule has 10 heteroatoms. The Morgan fingerprint density at radius 1 is 1.38 bits per heavy atom. The Balaban J connectivity index is 2.44. The summed E-state index contributed by atoms with van der Waals surface area (Å²) in [7, 11) is -4.04. The van der Waals surface area contributed by atoms with Crippen LogP contribution in [0.3, 0.4) is 0 Å². The third-order valence-corrected chi connectivity index (χ3v) is 4.57. The number of nitrogen functional groups attached to an aromatic ring is 1. The second-order valence-electron chi connectivity index (χ2n) is 4.08. The van der Waals surface area contributed by atoms with Crippen LogP contribution in [-0.4, -0.2) is 18.2 Å². The number of nitrogens with zero attached hydrogens (tertiary/aromatic N) is 2. The number of benzene rings is 1. The minimum Gasteiger partial charge on any atom is -0.381 e. The van der Waals surface area contributed by atoms with Gasteiger partial charge in [-0.1, -0.05) is 23.2 Å². The van der Waals surface area contributed by atoms with Crippen LogP contribution in [0.4, 0.5) is 15.9 Å². The number of nitrogens with two attached hydrogens (primary N) is 1. The third-order valence-electron chi connectivity index (χ3n) is 2.61. The number of rotatable bonds is 4. The van der Waals surface area contributed by atoms with Gasteiger partial charge in [-0.2, -0.15) is 5.10 Å². The molecule has 1 heterocycles. The Kier molecular flexibility index (Phi) is 4.31. The van der Waals surface area contributed by atoms with Crippen molar-refractivity contribution in [2.45, 2.75) is 18.4 Å². The Morgan fingerprint density at radius 3 is 2.43 bits per heavy atom. The van der Waals surface area contributed by atoms with E-state index in [-0.39, 0.29) is 26.4 Å². The van der Waals surface area contributed by atoms with Crippen LogP contribution in [-0.2, 0) is 16.6 Å². The summed E-state index contributed by atoms with van der Waals surface area (Å²) in [6, 6.07) is 1.90. The molecule has 0 aliphatic rings. The molecule has 6 nitrogen and oxygen atoms in total. The van der Waals surface area contributed by atoms with Gasteiger partial charge in [0.15, 0.2) is 5.82 Å². The molecule has 1 aromatic carbocycles. The topological polar surface area (TPSA) is 90.0 Å². The molecule has 21 heavy (non-hydrogen) atoms. The first-order valence-electron chi connectivity index (χ1n) is 5.75. The fourth-order valence-electron chi connectivity index (χ4n) is 1.62. The second kappa shape index (κ2) is 5.70. The largest absolute Gasteiger partial charge is 0.381 e. The molecule has 0 saturated heterocycles. The molecule has 0 unspecified atom stereocenters. The lowest BCUT2D eigenvalue weighted by atomic mass is 10.3. The van der Waals surface area contributed by atoms with E-state index in [1.54, 1.807) is 6.92 Å². The fraction of sp³-hybridized carbons (Fsp3) is 0.182.